The van der Waals surface area contributed by atoms with Crippen LogP contribution in [0.25, 0.3) is 0 Å². The number of nitrogens with one attached hydrogen (secondary N) is 2. The number of phenols is 2. The van der Waals surface area contributed by atoms with Crippen LogP contribution in [0.15, 0.2) is 84.9 Å². The van der Waals surface area contributed by atoms with Crippen molar-refractivity contribution in [3.8, 4) is 11.5 Å². The average Bonchev–Trinajstić information content (AvgIpc) is 2.91. The van der Waals surface area contributed by atoms with Gasteiger partial charge >= 0.3 is 12.4 Å². The second-order valence-corrected chi connectivity index (χ2v) is 9.36. The number of rotatable bonds is 6. The Morgan fingerprint density at radius 3 is 1.19 bits per heavy atom. The molecular weight excluding hydrogens is 582 g/mol. The van der Waals surface area contributed by atoms with Crippen LogP contribution in [-0.4, -0.2) is 34.4 Å². The highest BCUT2D eigenvalue weighted by atomic mass is 19.4. The summed E-state index contributed by atoms with van der Waals surface area (Å²) in [6, 6.07) is 13.1. The second kappa shape index (κ2) is 11.1. The first-order valence-corrected chi connectivity index (χ1v) is 12.2. The van der Waals surface area contributed by atoms with Gasteiger partial charge in [0.25, 0.3) is 11.8 Å². The standard InChI is InChI=1S/C29H22F6N4O4/c30-28(31,32)27(29(33,34)35,17-5-11-23(40)21(13-17)38-25(42)15-1-7-19(36)8-2-15)18-6-12-24(41)22(14-18)39-26(43)16-3-9-20(37)10-4-16/h1-14,40-41H,36-37H2,(H,38,42)(H,39,43). The van der Waals surface area contributed by atoms with E-state index in [1.807, 2.05) is 0 Å². The summed E-state index contributed by atoms with van der Waals surface area (Å²) >= 11 is 0. The zero-order valence-electron chi connectivity index (χ0n) is 21.7. The fourth-order valence-corrected chi connectivity index (χ4v) is 4.38. The predicted octanol–water partition coefficient (Wildman–Crippen LogP) is 6.18. The molecule has 0 atom stereocenters. The van der Waals surface area contributed by atoms with Gasteiger partial charge in [-0.25, -0.2) is 0 Å². The number of carbonyl (C=O) groups is 2. The van der Waals surface area contributed by atoms with E-state index >= 15 is 0 Å². The molecule has 0 bridgehead atoms. The topological polar surface area (TPSA) is 151 Å². The predicted molar refractivity (Wildman–Crippen MR) is 147 cm³/mol. The normalized spacial score (nSPS) is 12.0. The quantitative estimate of drug-likeness (QED) is 0.0879. The first-order valence-electron chi connectivity index (χ1n) is 12.2. The number of anilines is 4. The van der Waals surface area contributed by atoms with Crippen molar-refractivity contribution in [2.75, 3.05) is 22.1 Å². The average molecular weight is 605 g/mol. The number of amides is 2. The number of benzene rings is 4. The van der Waals surface area contributed by atoms with E-state index in [0.29, 0.717) is 47.8 Å². The highest BCUT2D eigenvalue weighted by Crippen LogP contribution is 2.57. The van der Waals surface area contributed by atoms with E-state index in [4.69, 9.17) is 11.5 Å². The van der Waals surface area contributed by atoms with Crippen LogP contribution >= 0.6 is 0 Å². The van der Waals surface area contributed by atoms with E-state index in [0.717, 1.165) is 0 Å². The lowest BCUT2D eigenvalue weighted by atomic mass is 9.72. The third-order valence-electron chi connectivity index (χ3n) is 6.55. The maximum atomic E-state index is 14.8. The fraction of sp³-hybridized carbons (Fsp3) is 0.103. The van der Waals surface area contributed by atoms with Crippen molar-refractivity contribution in [2.24, 2.45) is 0 Å². The van der Waals surface area contributed by atoms with Crippen LogP contribution in [0.3, 0.4) is 0 Å². The largest absolute Gasteiger partial charge is 0.506 e. The zero-order valence-corrected chi connectivity index (χ0v) is 21.7. The molecule has 0 radical (unpaired) electrons. The van der Waals surface area contributed by atoms with Crippen molar-refractivity contribution in [1.29, 1.82) is 0 Å². The Hall–Kier alpha value is -5.40. The Morgan fingerprint density at radius 2 is 0.884 bits per heavy atom. The second-order valence-electron chi connectivity index (χ2n) is 9.36. The van der Waals surface area contributed by atoms with Crippen molar-refractivity contribution >= 4 is 34.6 Å². The molecular formula is C29H22F6N4O4. The molecule has 0 aliphatic heterocycles. The molecule has 2 amide bonds. The summed E-state index contributed by atoms with van der Waals surface area (Å²) in [5, 5.41) is 24.7. The Balaban J connectivity index is 1.85. The first kappa shape index (κ1) is 30.6. The van der Waals surface area contributed by atoms with Gasteiger partial charge in [0.05, 0.1) is 11.4 Å². The molecule has 4 aromatic carbocycles. The molecule has 0 aliphatic rings. The maximum absolute atomic E-state index is 14.8. The number of halogens is 6. The number of nitrogens with two attached hydrogens (primary N) is 2. The highest BCUT2D eigenvalue weighted by molar-refractivity contribution is 6.06. The van der Waals surface area contributed by atoms with Crippen molar-refractivity contribution in [3.05, 3.63) is 107 Å². The molecule has 14 heteroatoms. The van der Waals surface area contributed by atoms with Gasteiger partial charge in [0.2, 0.25) is 5.41 Å². The van der Waals surface area contributed by atoms with Gasteiger partial charge in [-0.05, 0) is 83.9 Å². The summed E-state index contributed by atoms with van der Waals surface area (Å²) in [6.07, 6.45) is -12.1. The third-order valence-corrected chi connectivity index (χ3v) is 6.55. The molecule has 0 aliphatic carbocycles. The molecule has 4 aromatic rings. The number of alkyl halides is 6. The molecule has 0 heterocycles. The van der Waals surface area contributed by atoms with Gasteiger partial charge in [0.15, 0.2) is 0 Å². The molecule has 224 valence electrons. The minimum absolute atomic E-state index is 0.0445. The molecule has 0 unspecified atom stereocenters. The van der Waals surface area contributed by atoms with Gasteiger partial charge < -0.3 is 32.3 Å². The molecule has 0 saturated heterocycles. The number of hydrogen-bond acceptors (Lipinski definition) is 6. The molecule has 0 spiro atoms. The number of phenolic OH excluding ortho intramolecular Hbond substituents is 2. The monoisotopic (exact) mass is 604 g/mol. The van der Waals surface area contributed by atoms with Crippen molar-refractivity contribution in [1.82, 2.24) is 0 Å². The minimum atomic E-state index is -6.06. The molecule has 43 heavy (non-hydrogen) atoms. The van der Waals surface area contributed by atoms with Crippen LogP contribution in [0.1, 0.15) is 31.8 Å². The summed E-state index contributed by atoms with van der Waals surface area (Å²) in [5.41, 5.74) is 2.55. The molecule has 0 saturated carbocycles. The number of hydrogen-bond donors (Lipinski definition) is 6. The van der Waals surface area contributed by atoms with E-state index in [1.54, 1.807) is 0 Å². The number of carbonyl (C=O) groups excluding carboxylic acids is 2. The lowest BCUT2D eigenvalue weighted by molar-refractivity contribution is -0.288. The summed E-state index contributed by atoms with van der Waals surface area (Å²) in [5.74, 6) is -3.52. The number of aromatic hydroxyl groups is 2. The lowest BCUT2D eigenvalue weighted by Crippen LogP contribution is -2.54. The van der Waals surface area contributed by atoms with Crippen LogP contribution in [0.5, 0.6) is 11.5 Å². The molecule has 4 rings (SSSR count). The van der Waals surface area contributed by atoms with Crippen molar-refractivity contribution < 1.29 is 46.1 Å². The van der Waals surface area contributed by atoms with Gasteiger partial charge in [0.1, 0.15) is 11.5 Å². The SMILES string of the molecule is Nc1ccc(C(=O)Nc2cc(C(c3ccc(O)c(NC(=O)c4ccc(N)cc4)c3)(C(F)(F)F)C(F)(F)F)ccc2O)cc1. The summed E-state index contributed by atoms with van der Waals surface area (Å²) in [4.78, 5) is 25.3. The Bertz CT molecular complexity index is 1550. The van der Waals surface area contributed by atoms with Gasteiger partial charge in [0, 0.05) is 22.5 Å². The van der Waals surface area contributed by atoms with Crippen LogP contribution in [0.2, 0.25) is 0 Å². The Labute approximate surface area is 239 Å². The van der Waals surface area contributed by atoms with Gasteiger partial charge in [-0.3, -0.25) is 9.59 Å². The molecule has 8 nitrogen and oxygen atoms in total. The number of nitrogen functional groups attached to an aromatic ring is 2. The van der Waals surface area contributed by atoms with E-state index in [9.17, 15) is 46.1 Å². The first-order chi connectivity index (χ1) is 20.0. The van der Waals surface area contributed by atoms with Gasteiger partial charge in [-0.2, -0.15) is 26.3 Å². The Morgan fingerprint density at radius 1 is 0.558 bits per heavy atom. The smallest absolute Gasteiger partial charge is 0.411 e. The third kappa shape index (κ3) is 5.84. The van der Waals surface area contributed by atoms with Gasteiger partial charge in [-0.1, -0.05) is 12.1 Å². The van der Waals surface area contributed by atoms with Crippen molar-refractivity contribution in [3.63, 3.8) is 0 Å². The zero-order chi connectivity index (χ0) is 31.7. The van der Waals surface area contributed by atoms with E-state index < -0.39 is 63.6 Å². The molecule has 8 N–H and O–H groups in total. The molecule has 0 aromatic heterocycles. The fourth-order valence-electron chi connectivity index (χ4n) is 4.38. The van der Waals surface area contributed by atoms with Crippen LogP contribution in [0, 0.1) is 0 Å². The minimum Gasteiger partial charge on any atom is -0.506 e. The van der Waals surface area contributed by atoms with E-state index in [-0.39, 0.29) is 11.1 Å². The Kier molecular flexibility index (Phi) is 7.90. The van der Waals surface area contributed by atoms with Gasteiger partial charge in [-0.15, -0.1) is 0 Å². The maximum Gasteiger partial charge on any atom is 0.411 e. The summed E-state index contributed by atoms with van der Waals surface area (Å²) in [6.45, 7) is 0. The van der Waals surface area contributed by atoms with Crippen LogP contribution in [-0.2, 0) is 5.41 Å². The van der Waals surface area contributed by atoms with Crippen LogP contribution < -0.4 is 22.1 Å². The van der Waals surface area contributed by atoms with E-state index in [1.165, 1.54) is 48.5 Å². The lowest BCUT2D eigenvalue weighted by Gasteiger charge is -2.38. The van der Waals surface area contributed by atoms with E-state index in [2.05, 4.69) is 10.6 Å². The summed E-state index contributed by atoms with van der Waals surface area (Å²) in [7, 11) is 0. The summed E-state index contributed by atoms with van der Waals surface area (Å²) < 4.78 is 88.8. The highest BCUT2D eigenvalue weighted by Gasteiger charge is 2.72. The van der Waals surface area contributed by atoms with Crippen molar-refractivity contribution in [2.45, 2.75) is 17.8 Å². The van der Waals surface area contributed by atoms with Crippen LogP contribution in [0.4, 0.5) is 49.1 Å². The molecule has 0 fully saturated rings.